The van der Waals surface area contributed by atoms with Gasteiger partial charge in [0, 0.05) is 30.4 Å². The van der Waals surface area contributed by atoms with Crippen LogP contribution in [0.4, 0.5) is 4.39 Å². The maximum Gasteiger partial charge on any atom is 0.252 e. The largest absolute Gasteiger partial charge is 0.344 e. The Kier molecular flexibility index (Phi) is 7.98. The molecule has 1 unspecified atom stereocenters. The molecule has 33 heavy (non-hydrogen) atoms. The van der Waals surface area contributed by atoms with Gasteiger partial charge in [0.15, 0.2) is 0 Å². The van der Waals surface area contributed by atoms with Crippen LogP contribution < -0.4 is 5.32 Å². The van der Waals surface area contributed by atoms with E-state index in [2.05, 4.69) is 15.5 Å². The third-order valence-electron chi connectivity index (χ3n) is 5.68. The number of carbonyl (C=O) groups excluding carboxylic acids is 2. The lowest BCUT2D eigenvalue weighted by atomic mass is 10.0. The number of nitrogens with zero attached hydrogens (tertiary/aromatic N) is 2. The molecule has 0 radical (unpaired) electrons. The molecule has 0 aliphatic rings. The Morgan fingerprint density at radius 3 is 2.58 bits per heavy atom. The number of nitrogens with one attached hydrogen (secondary N) is 2. The fourth-order valence-electron chi connectivity index (χ4n) is 3.70. The zero-order chi connectivity index (χ0) is 24.0. The number of H-pyrrole nitrogens is 1. The zero-order valence-corrected chi connectivity index (χ0v) is 19.6. The minimum atomic E-state index is -0.603. The first-order valence-electron chi connectivity index (χ1n) is 11.2. The molecule has 0 bridgehead atoms. The fraction of sp³-hybridized carbons (Fsp3) is 0.346. The molecule has 0 aliphatic heterocycles. The maximum absolute atomic E-state index is 13.4. The minimum absolute atomic E-state index is 0.0469. The fourth-order valence-corrected chi connectivity index (χ4v) is 3.70. The highest BCUT2D eigenvalue weighted by Gasteiger charge is 2.27. The van der Waals surface area contributed by atoms with Gasteiger partial charge in [-0.2, -0.15) is 5.10 Å². The summed E-state index contributed by atoms with van der Waals surface area (Å²) in [4.78, 5) is 27.4. The molecule has 2 N–H and O–H groups in total. The number of aromatic nitrogens is 2. The van der Waals surface area contributed by atoms with Crippen molar-refractivity contribution in [2.24, 2.45) is 5.92 Å². The molecule has 2 aromatic carbocycles. The van der Waals surface area contributed by atoms with Crippen LogP contribution in [0.15, 0.2) is 54.6 Å². The summed E-state index contributed by atoms with van der Waals surface area (Å²) in [6, 6.07) is 14.9. The van der Waals surface area contributed by atoms with Gasteiger partial charge in [0.25, 0.3) is 5.91 Å². The molecule has 3 aromatic rings. The second kappa shape index (κ2) is 10.9. The van der Waals surface area contributed by atoms with Gasteiger partial charge >= 0.3 is 0 Å². The lowest BCUT2D eigenvalue weighted by molar-refractivity contribution is -0.133. The molecule has 0 spiro atoms. The number of aromatic amines is 1. The third kappa shape index (κ3) is 6.28. The summed E-state index contributed by atoms with van der Waals surface area (Å²) in [7, 11) is 1.75. The number of hydrogen-bond acceptors (Lipinski definition) is 3. The molecule has 2 amide bonds. The summed E-state index contributed by atoms with van der Waals surface area (Å²) in [6.07, 6.45) is 1.42. The Balaban J connectivity index is 1.55. The van der Waals surface area contributed by atoms with E-state index in [9.17, 15) is 14.0 Å². The van der Waals surface area contributed by atoms with Crippen LogP contribution >= 0.6 is 0 Å². The van der Waals surface area contributed by atoms with Gasteiger partial charge in [0.05, 0.1) is 5.69 Å². The first-order valence-corrected chi connectivity index (χ1v) is 11.2. The van der Waals surface area contributed by atoms with Crippen LogP contribution in [-0.2, 0) is 11.2 Å². The van der Waals surface area contributed by atoms with E-state index in [4.69, 9.17) is 0 Å². The van der Waals surface area contributed by atoms with Gasteiger partial charge in [0.1, 0.15) is 11.9 Å². The zero-order valence-electron chi connectivity index (χ0n) is 19.6. The highest BCUT2D eigenvalue weighted by molar-refractivity contribution is 5.98. The molecule has 0 saturated carbocycles. The number of carbonyl (C=O) groups is 2. The van der Waals surface area contributed by atoms with Crippen molar-refractivity contribution < 1.29 is 14.0 Å². The Morgan fingerprint density at radius 1 is 1.12 bits per heavy atom. The number of hydrogen-bond donors (Lipinski definition) is 2. The van der Waals surface area contributed by atoms with Crippen LogP contribution in [0.1, 0.15) is 41.9 Å². The molecule has 6 nitrogen and oxygen atoms in total. The van der Waals surface area contributed by atoms with Gasteiger partial charge < -0.3 is 10.2 Å². The Bertz CT molecular complexity index is 1110. The summed E-state index contributed by atoms with van der Waals surface area (Å²) in [6.45, 7) is 6.26. The highest BCUT2D eigenvalue weighted by atomic mass is 19.1. The molecule has 1 aromatic heterocycles. The molecule has 3 rings (SSSR count). The van der Waals surface area contributed by atoms with Gasteiger partial charge in [0.2, 0.25) is 5.91 Å². The monoisotopic (exact) mass is 450 g/mol. The average molecular weight is 451 g/mol. The molecular formula is C26H31FN4O2. The van der Waals surface area contributed by atoms with Crippen LogP contribution in [0.2, 0.25) is 0 Å². The van der Waals surface area contributed by atoms with Crippen LogP contribution in [-0.4, -0.2) is 46.5 Å². The van der Waals surface area contributed by atoms with E-state index in [1.165, 1.54) is 12.1 Å². The lowest BCUT2D eigenvalue weighted by Crippen LogP contribution is -2.50. The standard InChI is InChI=1S/C26H31FN4O2/c1-17(2)24(28-25(32)22-13-6-5-9-18(22)3)26(33)31(4)14-8-12-21-16-23(30-29-21)19-10-7-11-20(27)15-19/h5-7,9-11,13,15-17,24H,8,12,14H2,1-4H3,(H,28,32)(H,29,30). The second-order valence-corrected chi connectivity index (χ2v) is 8.66. The predicted molar refractivity (Wildman–Crippen MR) is 127 cm³/mol. The topological polar surface area (TPSA) is 78.1 Å². The van der Waals surface area contributed by atoms with Crippen LogP contribution in [0.25, 0.3) is 11.3 Å². The summed E-state index contributed by atoms with van der Waals surface area (Å²) in [5.41, 5.74) is 3.77. The summed E-state index contributed by atoms with van der Waals surface area (Å²) < 4.78 is 13.4. The van der Waals surface area contributed by atoms with Gasteiger partial charge in [-0.15, -0.1) is 0 Å². The van der Waals surface area contributed by atoms with E-state index in [0.717, 1.165) is 17.7 Å². The normalized spacial score (nSPS) is 11.9. The number of benzene rings is 2. The predicted octanol–water partition coefficient (Wildman–Crippen LogP) is 4.37. The van der Waals surface area contributed by atoms with E-state index >= 15 is 0 Å². The van der Waals surface area contributed by atoms with Crippen molar-refractivity contribution in [3.63, 3.8) is 0 Å². The summed E-state index contributed by atoms with van der Waals surface area (Å²) in [5.74, 6) is -0.700. The van der Waals surface area contributed by atoms with E-state index in [-0.39, 0.29) is 23.5 Å². The van der Waals surface area contributed by atoms with Crippen molar-refractivity contribution in [3.05, 3.63) is 77.2 Å². The van der Waals surface area contributed by atoms with Gasteiger partial charge in [-0.25, -0.2) is 4.39 Å². The first-order chi connectivity index (χ1) is 15.8. The SMILES string of the molecule is Cc1ccccc1C(=O)NC(C(=O)N(C)CCCc1cc(-c2cccc(F)c2)n[nH]1)C(C)C. The van der Waals surface area contributed by atoms with Crippen LogP contribution in [0, 0.1) is 18.7 Å². The number of amides is 2. The van der Waals surface area contributed by atoms with Gasteiger partial charge in [-0.3, -0.25) is 14.7 Å². The Hall–Kier alpha value is -3.48. The van der Waals surface area contributed by atoms with E-state index < -0.39 is 6.04 Å². The first kappa shape index (κ1) is 24.2. The molecule has 0 fully saturated rings. The number of rotatable bonds is 9. The Morgan fingerprint density at radius 2 is 1.88 bits per heavy atom. The molecular weight excluding hydrogens is 419 g/mol. The third-order valence-corrected chi connectivity index (χ3v) is 5.68. The smallest absolute Gasteiger partial charge is 0.252 e. The number of aryl methyl sites for hydroxylation is 2. The summed E-state index contributed by atoms with van der Waals surface area (Å²) >= 11 is 0. The molecule has 174 valence electrons. The van der Waals surface area contributed by atoms with Crippen molar-refractivity contribution in [2.45, 2.75) is 39.7 Å². The Labute approximate surface area is 194 Å². The van der Waals surface area contributed by atoms with E-state index in [0.29, 0.717) is 29.8 Å². The van der Waals surface area contributed by atoms with Gasteiger partial charge in [-0.1, -0.05) is 44.2 Å². The van der Waals surface area contributed by atoms with Crippen molar-refractivity contribution in [1.29, 1.82) is 0 Å². The minimum Gasteiger partial charge on any atom is -0.344 e. The van der Waals surface area contributed by atoms with Crippen molar-refractivity contribution in [2.75, 3.05) is 13.6 Å². The number of likely N-dealkylation sites (N-methyl/N-ethyl adjacent to an activating group) is 1. The van der Waals surface area contributed by atoms with Crippen molar-refractivity contribution in [3.8, 4) is 11.3 Å². The van der Waals surface area contributed by atoms with E-state index in [1.54, 1.807) is 24.1 Å². The molecule has 0 aliphatic carbocycles. The van der Waals surface area contributed by atoms with Crippen LogP contribution in [0.3, 0.4) is 0 Å². The molecule has 1 heterocycles. The molecule has 0 saturated heterocycles. The average Bonchev–Trinajstić information content (AvgIpc) is 3.26. The highest BCUT2D eigenvalue weighted by Crippen LogP contribution is 2.19. The van der Waals surface area contributed by atoms with Crippen molar-refractivity contribution >= 4 is 11.8 Å². The van der Waals surface area contributed by atoms with Crippen LogP contribution in [0.5, 0.6) is 0 Å². The van der Waals surface area contributed by atoms with Gasteiger partial charge in [-0.05, 0) is 55.5 Å². The second-order valence-electron chi connectivity index (χ2n) is 8.66. The lowest BCUT2D eigenvalue weighted by Gasteiger charge is -2.27. The van der Waals surface area contributed by atoms with E-state index in [1.807, 2.05) is 51.1 Å². The molecule has 7 heteroatoms. The summed E-state index contributed by atoms with van der Waals surface area (Å²) in [5, 5.41) is 10.2. The number of halogens is 1. The maximum atomic E-state index is 13.4. The quantitative estimate of drug-likeness (QED) is 0.508. The van der Waals surface area contributed by atoms with Crippen molar-refractivity contribution in [1.82, 2.24) is 20.4 Å². The molecule has 1 atom stereocenters.